The lowest BCUT2D eigenvalue weighted by Crippen LogP contribution is -2.08. The average Bonchev–Trinajstić information content (AvgIpc) is 2.50. The zero-order valence-electron chi connectivity index (χ0n) is 11.6. The number of carbonyl (C=O) groups is 1. The number of anilines is 1. The molecule has 0 aliphatic carbocycles. The van der Waals surface area contributed by atoms with Crippen LogP contribution in [-0.2, 0) is 4.79 Å². The Labute approximate surface area is 137 Å². The van der Waals surface area contributed by atoms with E-state index in [9.17, 15) is 9.90 Å². The Hall–Kier alpha value is -2.17. The first kappa shape index (κ1) is 16.2. The van der Waals surface area contributed by atoms with E-state index in [0.717, 1.165) is 0 Å². The minimum Gasteiger partial charge on any atom is -0.504 e. The number of aromatic hydroxyl groups is 1. The molecule has 0 saturated carbocycles. The molecule has 2 aromatic rings. The number of methoxy groups -OCH3 is 1. The number of ether oxygens (including phenoxy) is 1. The number of halogens is 2. The van der Waals surface area contributed by atoms with E-state index in [-0.39, 0.29) is 16.7 Å². The second kappa shape index (κ2) is 7.20. The van der Waals surface area contributed by atoms with Crippen molar-refractivity contribution in [3.63, 3.8) is 0 Å². The van der Waals surface area contributed by atoms with E-state index in [4.69, 9.17) is 27.9 Å². The highest BCUT2D eigenvalue weighted by molar-refractivity contribution is 6.44. The molecule has 0 bridgehead atoms. The summed E-state index contributed by atoms with van der Waals surface area (Å²) in [6.45, 7) is 0. The fourth-order valence-corrected chi connectivity index (χ4v) is 2.11. The molecule has 0 aromatic heterocycles. The molecule has 0 radical (unpaired) electrons. The molecule has 0 spiro atoms. The molecule has 4 nitrogen and oxygen atoms in total. The lowest BCUT2D eigenvalue weighted by Gasteiger charge is -2.06. The Kier molecular flexibility index (Phi) is 5.31. The number of hydrogen-bond acceptors (Lipinski definition) is 3. The normalized spacial score (nSPS) is 10.7. The summed E-state index contributed by atoms with van der Waals surface area (Å²) in [6.07, 6.45) is 2.89. The molecule has 0 fully saturated rings. The van der Waals surface area contributed by atoms with Gasteiger partial charge in [-0.25, -0.2) is 0 Å². The number of phenolic OH excluding ortho intramolecular Hbond substituents is 1. The van der Waals surface area contributed by atoms with E-state index in [1.54, 1.807) is 36.4 Å². The van der Waals surface area contributed by atoms with Gasteiger partial charge in [-0.3, -0.25) is 4.79 Å². The molecule has 1 amide bonds. The first-order chi connectivity index (χ1) is 10.5. The summed E-state index contributed by atoms with van der Waals surface area (Å²) >= 11 is 11.9. The predicted octanol–water partition coefficient (Wildman–Crippen LogP) is 4.36. The number of hydrogen-bond donors (Lipinski definition) is 2. The summed E-state index contributed by atoms with van der Waals surface area (Å²) < 4.78 is 4.95. The standard InChI is InChI=1S/C16H13Cl2NO3/c1-22-14-7-5-10(9-13(14)20)6-8-15(21)19-12-4-2-3-11(17)16(12)18/h2-9,20H,1H3,(H,19,21)/b8-6+. The van der Waals surface area contributed by atoms with Gasteiger partial charge in [-0.1, -0.05) is 35.3 Å². The van der Waals surface area contributed by atoms with Crippen LogP contribution < -0.4 is 10.1 Å². The minimum absolute atomic E-state index is 0.00273. The van der Waals surface area contributed by atoms with Crippen LogP contribution in [0.25, 0.3) is 6.08 Å². The first-order valence-corrected chi connectivity index (χ1v) is 7.07. The van der Waals surface area contributed by atoms with Crippen LogP contribution in [0.1, 0.15) is 5.56 Å². The summed E-state index contributed by atoms with van der Waals surface area (Å²) in [6, 6.07) is 9.80. The van der Waals surface area contributed by atoms with Gasteiger partial charge in [0.2, 0.25) is 5.91 Å². The van der Waals surface area contributed by atoms with Crippen LogP contribution in [0.2, 0.25) is 10.0 Å². The molecule has 0 saturated heterocycles. The summed E-state index contributed by atoms with van der Waals surface area (Å²) in [5, 5.41) is 12.9. The van der Waals surface area contributed by atoms with Crippen LogP contribution in [0.15, 0.2) is 42.5 Å². The molecule has 114 valence electrons. The SMILES string of the molecule is COc1ccc(/C=C/C(=O)Nc2cccc(Cl)c2Cl)cc1O. The maximum absolute atomic E-state index is 11.9. The second-order valence-corrected chi connectivity index (χ2v) is 5.14. The molecule has 6 heteroatoms. The Morgan fingerprint density at radius 2 is 2.05 bits per heavy atom. The van der Waals surface area contributed by atoms with Gasteiger partial charge in [-0.15, -0.1) is 0 Å². The van der Waals surface area contributed by atoms with E-state index in [1.165, 1.54) is 19.3 Å². The van der Waals surface area contributed by atoms with Crippen molar-refractivity contribution in [1.82, 2.24) is 0 Å². The van der Waals surface area contributed by atoms with E-state index in [1.807, 2.05) is 0 Å². The van der Waals surface area contributed by atoms with Crippen molar-refractivity contribution in [1.29, 1.82) is 0 Å². The van der Waals surface area contributed by atoms with Gasteiger partial charge in [-0.05, 0) is 35.9 Å². The van der Waals surface area contributed by atoms with Crippen molar-refractivity contribution in [2.45, 2.75) is 0 Å². The summed E-state index contributed by atoms with van der Waals surface area (Å²) in [4.78, 5) is 11.9. The quantitative estimate of drug-likeness (QED) is 0.815. The van der Waals surface area contributed by atoms with Crippen LogP contribution in [0.4, 0.5) is 5.69 Å². The molecule has 0 heterocycles. The predicted molar refractivity (Wildman–Crippen MR) is 88.8 cm³/mol. The van der Waals surface area contributed by atoms with Crippen molar-refractivity contribution in [2.75, 3.05) is 12.4 Å². The average molecular weight is 338 g/mol. The molecule has 0 atom stereocenters. The number of carbonyl (C=O) groups excluding carboxylic acids is 1. The number of amides is 1. The van der Waals surface area contributed by atoms with E-state index in [2.05, 4.69) is 5.32 Å². The largest absolute Gasteiger partial charge is 0.504 e. The summed E-state index contributed by atoms with van der Waals surface area (Å²) in [7, 11) is 1.47. The Balaban J connectivity index is 2.08. The van der Waals surface area contributed by atoms with Crippen molar-refractivity contribution >= 4 is 40.9 Å². The fraction of sp³-hybridized carbons (Fsp3) is 0.0625. The number of rotatable bonds is 4. The third-order valence-electron chi connectivity index (χ3n) is 2.84. The van der Waals surface area contributed by atoms with Crippen molar-refractivity contribution in [3.05, 3.63) is 58.1 Å². The molecule has 0 aliphatic rings. The molecule has 2 N–H and O–H groups in total. The molecule has 2 rings (SSSR count). The molecular formula is C16H13Cl2NO3. The maximum Gasteiger partial charge on any atom is 0.248 e. The highest BCUT2D eigenvalue weighted by Gasteiger charge is 2.06. The van der Waals surface area contributed by atoms with Gasteiger partial charge >= 0.3 is 0 Å². The second-order valence-electron chi connectivity index (χ2n) is 4.36. The molecule has 22 heavy (non-hydrogen) atoms. The van der Waals surface area contributed by atoms with Gasteiger partial charge < -0.3 is 15.2 Å². The minimum atomic E-state index is -0.362. The number of nitrogens with one attached hydrogen (secondary N) is 1. The van der Waals surface area contributed by atoms with Crippen molar-refractivity contribution in [2.24, 2.45) is 0 Å². The van der Waals surface area contributed by atoms with Crippen LogP contribution in [0.3, 0.4) is 0 Å². The zero-order chi connectivity index (χ0) is 16.1. The van der Waals surface area contributed by atoms with Crippen LogP contribution in [-0.4, -0.2) is 18.1 Å². The van der Waals surface area contributed by atoms with Crippen LogP contribution >= 0.6 is 23.2 Å². The van der Waals surface area contributed by atoms with Gasteiger partial charge in [-0.2, -0.15) is 0 Å². The summed E-state index contributed by atoms with van der Waals surface area (Å²) in [5.41, 5.74) is 1.09. The van der Waals surface area contributed by atoms with E-state index in [0.29, 0.717) is 22.0 Å². The van der Waals surface area contributed by atoms with Gasteiger partial charge in [0.25, 0.3) is 0 Å². The van der Waals surface area contributed by atoms with Crippen LogP contribution in [0, 0.1) is 0 Å². The van der Waals surface area contributed by atoms with E-state index >= 15 is 0 Å². The number of phenols is 1. The topological polar surface area (TPSA) is 58.6 Å². The molecule has 0 unspecified atom stereocenters. The third-order valence-corrected chi connectivity index (χ3v) is 3.66. The van der Waals surface area contributed by atoms with Gasteiger partial charge in [0.1, 0.15) is 0 Å². The number of benzene rings is 2. The van der Waals surface area contributed by atoms with Gasteiger partial charge in [0.05, 0.1) is 22.8 Å². The zero-order valence-corrected chi connectivity index (χ0v) is 13.2. The van der Waals surface area contributed by atoms with Gasteiger partial charge in [0, 0.05) is 6.08 Å². The molecular weight excluding hydrogens is 325 g/mol. The van der Waals surface area contributed by atoms with Crippen molar-refractivity contribution < 1.29 is 14.6 Å². The molecule has 0 aliphatic heterocycles. The third kappa shape index (κ3) is 3.93. The smallest absolute Gasteiger partial charge is 0.248 e. The lowest BCUT2D eigenvalue weighted by molar-refractivity contribution is -0.111. The van der Waals surface area contributed by atoms with Crippen molar-refractivity contribution in [3.8, 4) is 11.5 Å². The van der Waals surface area contributed by atoms with Gasteiger partial charge in [0.15, 0.2) is 11.5 Å². The van der Waals surface area contributed by atoms with E-state index < -0.39 is 0 Å². The highest BCUT2D eigenvalue weighted by Crippen LogP contribution is 2.29. The monoisotopic (exact) mass is 337 g/mol. The lowest BCUT2D eigenvalue weighted by atomic mass is 10.2. The fourth-order valence-electron chi connectivity index (χ4n) is 1.76. The first-order valence-electron chi connectivity index (χ1n) is 6.31. The Morgan fingerprint density at radius 1 is 1.27 bits per heavy atom. The molecule has 2 aromatic carbocycles. The maximum atomic E-state index is 11.9. The Morgan fingerprint density at radius 3 is 2.73 bits per heavy atom. The highest BCUT2D eigenvalue weighted by atomic mass is 35.5. The summed E-state index contributed by atoms with van der Waals surface area (Å²) in [5.74, 6) is 0.00901. The Bertz CT molecular complexity index is 729. The van der Waals surface area contributed by atoms with Crippen LogP contribution in [0.5, 0.6) is 11.5 Å².